The number of nitrogens with zero attached hydrogens (tertiary/aromatic N) is 1. The normalized spacial score (nSPS) is 14.9. The molecular formula is C18H19ClN2O4S. The highest BCUT2D eigenvalue weighted by atomic mass is 35.5. The van der Waals surface area contributed by atoms with E-state index >= 15 is 0 Å². The summed E-state index contributed by atoms with van der Waals surface area (Å²) in [7, 11) is -3.84. The maximum atomic E-state index is 12.7. The average molecular weight is 395 g/mol. The van der Waals surface area contributed by atoms with Crippen LogP contribution in [0.15, 0.2) is 47.4 Å². The van der Waals surface area contributed by atoms with Gasteiger partial charge in [-0.15, -0.1) is 0 Å². The second kappa shape index (κ2) is 7.65. The monoisotopic (exact) mass is 394 g/mol. The molecule has 6 nitrogen and oxygen atoms in total. The minimum atomic E-state index is -3.84. The number of hydrogen-bond acceptors (Lipinski definition) is 4. The zero-order chi connectivity index (χ0) is 18.7. The molecule has 1 N–H and O–H groups in total. The van der Waals surface area contributed by atoms with Crippen LogP contribution in [0.25, 0.3) is 0 Å². The van der Waals surface area contributed by atoms with Crippen LogP contribution in [0.4, 0.5) is 5.69 Å². The van der Waals surface area contributed by atoms with Crippen LogP contribution in [-0.4, -0.2) is 45.5 Å². The van der Waals surface area contributed by atoms with Crippen molar-refractivity contribution in [3.05, 3.63) is 58.6 Å². The molecule has 1 fully saturated rings. The predicted molar refractivity (Wildman–Crippen MR) is 100 cm³/mol. The number of sulfonamides is 1. The first-order valence-corrected chi connectivity index (χ1v) is 9.99. The summed E-state index contributed by atoms with van der Waals surface area (Å²) < 4.78 is 33.2. The lowest BCUT2D eigenvalue weighted by Crippen LogP contribution is -2.40. The molecule has 1 saturated heterocycles. The molecule has 0 aromatic heterocycles. The smallest absolute Gasteiger partial charge is 0.261 e. The predicted octanol–water partition coefficient (Wildman–Crippen LogP) is 2.92. The molecule has 0 bridgehead atoms. The van der Waals surface area contributed by atoms with Crippen molar-refractivity contribution in [3.63, 3.8) is 0 Å². The van der Waals surface area contributed by atoms with Crippen LogP contribution in [0.3, 0.4) is 0 Å². The maximum absolute atomic E-state index is 12.7. The number of hydrogen-bond donors (Lipinski definition) is 1. The maximum Gasteiger partial charge on any atom is 0.261 e. The number of benzene rings is 2. The standard InChI is InChI=1S/C18H19ClN2O4S/c1-13-16(19)6-3-7-17(13)20-26(23,24)15-5-2-4-14(12-15)18(22)21-8-10-25-11-9-21/h2-7,12,20H,8-11H2,1H3. The van der Waals surface area contributed by atoms with E-state index in [0.29, 0.717) is 48.1 Å². The molecule has 138 valence electrons. The summed E-state index contributed by atoms with van der Waals surface area (Å²) in [6.07, 6.45) is 0. The molecule has 0 saturated carbocycles. The van der Waals surface area contributed by atoms with E-state index in [4.69, 9.17) is 16.3 Å². The third kappa shape index (κ3) is 4.00. The molecule has 8 heteroatoms. The van der Waals surface area contributed by atoms with E-state index in [-0.39, 0.29) is 10.8 Å². The van der Waals surface area contributed by atoms with Gasteiger partial charge < -0.3 is 9.64 Å². The van der Waals surface area contributed by atoms with Gasteiger partial charge in [-0.25, -0.2) is 8.42 Å². The molecule has 3 rings (SSSR count). The van der Waals surface area contributed by atoms with Crippen molar-refractivity contribution < 1.29 is 17.9 Å². The second-order valence-electron chi connectivity index (χ2n) is 5.95. The first-order valence-electron chi connectivity index (χ1n) is 8.13. The van der Waals surface area contributed by atoms with E-state index in [1.807, 2.05) is 0 Å². The minimum Gasteiger partial charge on any atom is -0.378 e. The number of nitrogens with one attached hydrogen (secondary N) is 1. The molecule has 0 radical (unpaired) electrons. The molecular weight excluding hydrogens is 376 g/mol. The van der Waals surface area contributed by atoms with Gasteiger partial charge in [-0.1, -0.05) is 23.7 Å². The van der Waals surface area contributed by atoms with Crippen molar-refractivity contribution in [3.8, 4) is 0 Å². The highest BCUT2D eigenvalue weighted by Gasteiger charge is 2.21. The number of ether oxygens (including phenoxy) is 1. The Hall–Kier alpha value is -2.09. The Morgan fingerprint density at radius 2 is 1.85 bits per heavy atom. The van der Waals surface area contributed by atoms with Gasteiger partial charge in [-0.05, 0) is 42.8 Å². The number of morpholine rings is 1. The Labute approximate surface area is 157 Å². The summed E-state index contributed by atoms with van der Waals surface area (Å²) in [6, 6.07) is 11.0. The van der Waals surface area contributed by atoms with E-state index in [1.54, 1.807) is 42.2 Å². The van der Waals surface area contributed by atoms with Crippen LogP contribution >= 0.6 is 11.6 Å². The molecule has 0 unspecified atom stereocenters. The van der Waals surface area contributed by atoms with E-state index < -0.39 is 10.0 Å². The Balaban J connectivity index is 1.86. The Morgan fingerprint density at radius 3 is 2.58 bits per heavy atom. The van der Waals surface area contributed by atoms with Gasteiger partial charge in [-0.2, -0.15) is 0 Å². The third-order valence-corrected chi connectivity index (χ3v) is 5.97. The lowest BCUT2D eigenvalue weighted by molar-refractivity contribution is 0.0302. The molecule has 1 heterocycles. The van der Waals surface area contributed by atoms with Gasteiger partial charge in [-0.3, -0.25) is 9.52 Å². The fourth-order valence-corrected chi connectivity index (χ4v) is 4.01. The van der Waals surface area contributed by atoms with E-state index in [0.717, 1.165) is 0 Å². The first-order chi connectivity index (χ1) is 12.4. The van der Waals surface area contributed by atoms with E-state index in [1.165, 1.54) is 12.1 Å². The zero-order valence-electron chi connectivity index (χ0n) is 14.2. The molecule has 0 atom stereocenters. The summed E-state index contributed by atoms with van der Waals surface area (Å²) in [5.41, 5.74) is 1.37. The van der Waals surface area contributed by atoms with Gasteiger partial charge in [0.1, 0.15) is 0 Å². The van der Waals surface area contributed by atoms with Gasteiger partial charge >= 0.3 is 0 Å². The molecule has 1 aliphatic rings. The number of anilines is 1. The van der Waals surface area contributed by atoms with Gasteiger partial charge in [0.15, 0.2) is 0 Å². The van der Waals surface area contributed by atoms with Crippen LogP contribution in [0.1, 0.15) is 15.9 Å². The molecule has 26 heavy (non-hydrogen) atoms. The van der Waals surface area contributed by atoms with Crippen molar-refractivity contribution in [1.29, 1.82) is 0 Å². The quantitative estimate of drug-likeness (QED) is 0.865. The summed E-state index contributed by atoms with van der Waals surface area (Å²) in [5.74, 6) is -0.204. The fraction of sp³-hybridized carbons (Fsp3) is 0.278. The largest absolute Gasteiger partial charge is 0.378 e. The first kappa shape index (κ1) is 18.7. The van der Waals surface area contributed by atoms with Gasteiger partial charge in [0.25, 0.3) is 15.9 Å². The zero-order valence-corrected chi connectivity index (χ0v) is 15.8. The van der Waals surface area contributed by atoms with Crippen LogP contribution in [0, 0.1) is 6.92 Å². The van der Waals surface area contributed by atoms with Gasteiger partial charge in [0.05, 0.1) is 23.8 Å². The van der Waals surface area contributed by atoms with Crippen molar-refractivity contribution in [2.45, 2.75) is 11.8 Å². The van der Waals surface area contributed by atoms with Gasteiger partial charge in [0, 0.05) is 23.7 Å². The number of carbonyl (C=O) groups is 1. The van der Waals surface area contributed by atoms with Crippen LogP contribution < -0.4 is 4.72 Å². The minimum absolute atomic E-state index is 0.0241. The Morgan fingerprint density at radius 1 is 1.15 bits per heavy atom. The van der Waals surface area contributed by atoms with Crippen molar-refractivity contribution >= 4 is 33.2 Å². The molecule has 2 aromatic carbocycles. The third-order valence-electron chi connectivity index (χ3n) is 4.20. The van der Waals surface area contributed by atoms with Crippen LogP contribution in [-0.2, 0) is 14.8 Å². The lowest BCUT2D eigenvalue weighted by atomic mass is 10.2. The fourth-order valence-electron chi connectivity index (χ4n) is 2.67. The Kier molecular flexibility index (Phi) is 5.50. The summed E-state index contributed by atoms with van der Waals surface area (Å²) in [6.45, 7) is 3.70. The molecule has 0 aliphatic carbocycles. The van der Waals surface area contributed by atoms with Crippen molar-refractivity contribution in [1.82, 2.24) is 4.90 Å². The number of rotatable bonds is 4. The summed E-state index contributed by atoms with van der Waals surface area (Å²) in [4.78, 5) is 14.3. The van der Waals surface area contributed by atoms with Crippen molar-refractivity contribution in [2.75, 3.05) is 31.0 Å². The highest BCUT2D eigenvalue weighted by molar-refractivity contribution is 7.92. The summed E-state index contributed by atoms with van der Waals surface area (Å²) >= 11 is 6.05. The molecule has 2 aromatic rings. The molecule has 1 aliphatic heterocycles. The Bertz CT molecular complexity index is 925. The molecule has 1 amide bonds. The van der Waals surface area contributed by atoms with Crippen LogP contribution in [0.5, 0.6) is 0 Å². The molecule has 0 spiro atoms. The van der Waals surface area contributed by atoms with E-state index in [2.05, 4.69) is 4.72 Å². The summed E-state index contributed by atoms with van der Waals surface area (Å²) in [5, 5.41) is 0.474. The van der Waals surface area contributed by atoms with Crippen molar-refractivity contribution in [2.24, 2.45) is 0 Å². The van der Waals surface area contributed by atoms with Crippen LogP contribution in [0.2, 0.25) is 5.02 Å². The number of carbonyl (C=O) groups excluding carboxylic acids is 1. The topological polar surface area (TPSA) is 75.7 Å². The number of halogens is 1. The average Bonchev–Trinajstić information content (AvgIpc) is 2.65. The SMILES string of the molecule is Cc1c(Cl)cccc1NS(=O)(=O)c1cccc(C(=O)N2CCOCC2)c1. The second-order valence-corrected chi connectivity index (χ2v) is 8.04. The van der Waals surface area contributed by atoms with Gasteiger partial charge in [0.2, 0.25) is 0 Å². The number of amides is 1. The van der Waals surface area contributed by atoms with E-state index in [9.17, 15) is 13.2 Å². The lowest BCUT2D eigenvalue weighted by Gasteiger charge is -2.27. The highest BCUT2D eigenvalue weighted by Crippen LogP contribution is 2.25.